The molecule has 0 unspecified atom stereocenters. The van der Waals surface area contributed by atoms with Gasteiger partial charge in [0.05, 0.1) is 12.1 Å². The summed E-state index contributed by atoms with van der Waals surface area (Å²) in [7, 11) is 0. The summed E-state index contributed by atoms with van der Waals surface area (Å²) in [5.74, 6) is 0. The summed E-state index contributed by atoms with van der Waals surface area (Å²) in [4.78, 5) is 3.97. The van der Waals surface area contributed by atoms with Crippen LogP contribution in [0.15, 0.2) is 48.8 Å². The maximum absolute atomic E-state index is 9.46. The van der Waals surface area contributed by atoms with Crippen molar-refractivity contribution < 1.29 is 5.11 Å². The Bertz CT molecular complexity index is 799. The molecule has 0 aliphatic heterocycles. The van der Waals surface area contributed by atoms with Crippen LogP contribution in [0.4, 0.5) is 0 Å². The molecule has 1 aromatic carbocycles. The summed E-state index contributed by atoms with van der Waals surface area (Å²) in [6, 6.07) is 13.6. The molecule has 2 heterocycles. The van der Waals surface area contributed by atoms with Crippen molar-refractivity contribution in [2.75, 3.05) is 0 Å². The molecule has 3 aromatic rings. The van der Waals surface area contributed by atoms with Crippen molar-refractivity contribution >= 4 is 10.9 Å². The monoisotopic (exact) mass is 263 g/mol. The molecule has 0 amide bonds. The number of para-hydroxylation sites is 1. The molecule has 0 saturated heterocycles. The molecule has 0 spiro atoms. The van der Waals surface area contributed by atoms with Crippen LogP contribution in [-0.2, 0) is 13.2 Å². The number of hydrogen-bond acceptors (Lipinski definition) is 3. The summed E-state index contributed by atoms with van der Waals surface area (Å²) in [6.45, 7) is 0.666. The van der Waals surface area contributed by atoms with Gasteiger partial charge in [-0.3, -0.25) is 0 Å². The third-order valence-corrected chi connectivity index (χ3v) is 3.33. The van der Waals surface area contributed by atoms with Gasteiger partial charge in [-0.05, 0) is 29.1 Å². The zero-order valence-electron chi connectivity index (χ0n) is 10.8. The zero-order chi connectivity index (χ0) is 13.9. The van der Waals surface area contributed by atoms with Crippen LogP contribution in [-0.4, -0.2) is 14.7 Å². The van der Waals surface area contributed by atoms with E-state index >= 15 is 0 Å². The topological polar surface area (TPSA) is 61.8 Å². The number of benzene rings is 1. The van der Waals surface area contributed by atoms with Gasteiger partial charge in [0.15, 0.2) is 0 Å². The largest absolute Gasteiger partial charge is 0.392 e. The van der Waals surface area contributed by atoms with Gasteiger partial charge in [-0.1, -0.05) is 18.2 Å². The van der Waals surface area contributed by atoms with Crippen molar-refractivity contribution in [3.8, 4) is 6.07 Å². The van der Waals surface area contributed by atoms with Crippen LogP contribution in [0.1, 0.15) is 16.8 Å². The summed E-state index contributed by atoms with van der Waals surface area (Å²) in [5.41, 5.74) is 3.37. The third-order valence-electron chi connectivity index (χ3n) is 3.33. The average molecular weight is 263 g/mol. The summed E-state index contributed by atoms with van der Waals surface area (Å²) >= 11 is 0. The van der Waals surface area contributed by atoms with Crippen LogP contribution in [0.3, 0.4) is 0 Å². The Kier molecular flexibility index (Phi) is 3.20. The van der Waals surface area contributed by atoms with Crippen molar-refractivity contribution in [1.82, 2.24) is 9.55 Å². The fraction of sp³-hybridized carbons (Fsp3) is 0.125. The number of aliphatic hydroxyl groups excluding tert-OH is 1. The van der Waals surface area contributed by atoms with E-state index < -0.39 is 0 Å². The molecule has 0 bridgehead atoms. The van der Waals surface area contributed by atoms with Crippen LogP contribution >= 0.6 is 0 Å². The second kappa shape index (κ2) is 5.16. The zero-order valence-corrected chi connectivity index (χ0v) is 10.8. The van der Waals surface area contributed by atoms with Gasteiger partial charge in [-0.25, -0.2) is 4.98 Å². The minimum atomic E-state index is 0.0150. The van der Waals surface area contributed by atoms with Gasteiger partial charge in [-0.15, -0.1) is 0 Å². The van der Waals surface area contributed by atoms with Crippen molar-refractivity contribution in [3.63, 3.8) is 0 Å². The highest BCUT2D eigenvalue weighted by atomic mass is 16.3. The summed E-state index contributed by atoms with van der Waals surface area (Å²) in [5, 5.41) is 19.5. The second-order valence-corrected chi connectivity index (χ2v) is 4.62. The number of nitriles is 1. The van der Waals surface area contributed by atoms with Crippen molar-refractivity contribution in [3.05, 3.63) is 65.6 Å². The second-order valence-electron chi connectivity index (χ2n) is 4.62. The fourth-order valence-corrected chi connectivity index (χ4v) is 2.43. The van der Waals surface area contributed by atoms with E-state index in [-0.39, 0.29) is 6.61 Å². The van der Waals surface area contributed by atoms with Crippen LogP contribution in [0.5, 0.6) is 0 Å². The van der Waals surface area contributed by atoms with E-state index in [1.165, 1.54) is 0 Å². The SMILES string of the molecule is N#Cc1cc(Cn2ccc3cccc(CO)c32)ccn1. The number of aliphatic hydroxyl groups is 1. The van der Waals surface area contributed by atoms with Crippen molar-refractivity contribution in [2.24, 2.45) is 0 Å². The Hall–Kier alpha value is -2.64. The number of fused-ring (bicyclic) bond motifs is 1. The van der Waals surface area contributed by atoms with E-state index in [2.05, 4.69) is 9.55 Å². The van der Waals surface area contributed by atoms with E-state index in [1.807, 2.05) is 42.6 Å². The first-order chi connectivity index (χ1) is 9.81. The van der Waals surface area contributed by atoms with Crippen LogP contribution < -0.4 is 0 Å². The van der Waals surface area contributed by atoms with Gasteiger partial charge in [0.2, 0.25) is 0 Å². The molecular weight excluding hydrogens is 250 g/mol. The highest BCUT2D eigenvalue weighted by Crippen LogP contribution is 2.21. The third kappa shape index (κ3) is 2.15. The fourth-order valence-electron chi connectivity index (χ4n) is 2.43. The molecule has 3 rings (SSSR count). The van der Waals surface area contributed by atoms with Crippen LogP contribution in [0.25, 0.3) is 10.9 Å². The van der Waals surface area contributed by atoms with E-state index in [4.69, 9.17) is 5.26 Å². The van der Waals surface area contributed by atoms with Gasteiger partial charge >= 0.3 is 0 Å². The van der Waals surface area contributed by atoms with Gasteiger partial charge < -0.3 is 9.67 Å². The van der Waals surface area contributed by atoms with Gasteiger partial charge in [0.1, 0.15) is 11.8 Å². The predicted molar refractivity (Wildman–Crippen MR) is 75.9 cm³/mol. The Labute approximate surface area is 116 Å². The first kappa shape index (κ1) is 12.4. The molecule has 4 heteroatoms. The predicted octanol–water partition coefficient (Wildman–Crippen LogP) is 2.45. The number of aromatic nitrogens is 2. The normalized spacial score (nSPS) is 10.6. The van der Waals surface area contributed by atoms with Gasteiger partial charge in [0, 0.05) is 24.5 Å². The molecular formula is C16H13N3O. The smallest absolute Gasteiger partial charge is 0.140 e. The highest BCUT2D eigenvalue weighted by Gasteiger charge is 2.06. The average Bonchev–Trinajstić information content (AvgIpc) is 2.90. The molecule has 0 aliphatic rings. The lowest BCUT2D eigenvalue weighted by molar-refractivity contribution is 0.283. The van der Waals surface area contributed by atoms with E-state index in [1.54, 1.807) is 12.3 Å². The van der Waals surface area contributed by atoms with Gasteiger partial charge in [0.25, 0.3) is 0 Å². The molecule has 0 fully saturated rings. The van der Waals surface area contributed by atoms with E-state index in [0.29, 0.717) is 12.2 Å². The quantitative estimate of drug-likeness (QED) is 0.789. The highest BCUT2D eigenvalue weighted by molar-refractivity contribution is 5.83. The minimum Gasteiger partial charge on any atom is -0.392 e. The van der Waals surface area contributed by atoms with E-state index in [0.717, 1.165) is 22.0 Å². The Morgan fingerprint density at radius 1 is 1.25 bits per heavy atom. The summed E-state index contributed by atoms with van der Waals surface area (Å²) in [6.07, 6.45) is 3.64. The van der Waals surface area contributed by atoms with Crippen molar-refractivity contribution in [1.29, 1.82) is 5.26 Å². The molecule has 0 saturated carbocycles. The number of hydrogen-bond donors (Lipinski definition) is 1. The Morgan fingerprint density at radius 2 is 2.15 bits per heavy atom. The molecule has 0 atom stereocenters. The number of pyridine rings is 1. The maximum atomic E-state index is 9.46. The molecule has 20 heavy (non-hydrogen) atoms. The lowest BCUT2D eigenvalue weighted by Gasteiger charge is -2.08. The summed E-state index contributed by atoms with van der Waals surface area (Å²) < 4.78 is 2.08. The first-order valence-electron chi connectivity index (χ1n) is 6.34. The number of nitrogens with zero attached hydrogens (tertiary/aromatic N) is 3. The standard InChI is InChI=1S/C16H13N3O/c17-9-15-8-12(4-6-18-15)10-19-7-5-13-2-1-3-14(11-20)16(13)19/h1-8,20H,10-11H2. The van der Waals surface area contributed by atoms with E-state index in [9.17, 15) is 5.11 Å². The lowest BCUT2D eigenvalue weighted by atomic mass is 10.1. The first-order valence-corrected chi connectivity index (χ1v) is 6.34. The molecule has 0 aliphatic carbocycles. The van der Waals surface area contributed by atoms with Crippen LogP contribution in [0, 0.1) is 11.3 Å². The van der Waals surface area contributed by atoms with Crippen molar-refractivity contribution in [2.45, 2.75) is 13.2 Å². The number of rotatable bonds is 3. The molecule has 4 nitrogen and oxygen atoms in total. The molecule has 98 valence electrons. The van der Waals surface area contributed by atoms with Gasteiger partial charge in [-0.2, -0.15) is 5.26 Å². The molecule has 2 aromatic heterocycles. The Balaban J connectivity index is 2.05. The minimum absolute atomic E-state index is 0.0150. The Morgan fingerprint density at radius 3 is 2.95 bits per heavy atom. The van der Waals surface area contributed by atoms with Crippen LogP contribution in [0.2, 0.25) is 0 Å². The molecule has 0 radical (unpaired) electrons. The maximum Gasteiger partial charge on any atom is 0.140 e. The lowest BCUT2D eigenvalue weighted by Crippen LogP contribution is -2.01. The molecule has 1 N–H and O–H groups in total.